The maximum atomic E-state index is 13.2. The number of esters is 1. The first-order valence-electron chi connectivity index (χ1n) is 9.81. The van der Waals surface area contributed by atoms with Crippen LogP contribution in [0.15, 0.2) is 30.3 Å². The molecule has 2 bridgehead atoms. The highest BCUT2D eigenvalue weighted by Gasteiger charge is 2.50. The minimum Gasteiger partial charge on any atom is -0.458 e. The summed E-state index contributed by atoms with van der Waals surface area (Å²) in [5.41, 5.74) is -0.827. The third kappa shape index (κ3) is 2.89. The molecule has 3 fully saturated rings. The summed E-state index contributed by atoms with van der Waals surface area (Å²) in [7, 11) is 2.14. The van der Waals surface area contributed by atoms with E-state index in [0.29, 0.717) is 17.6 Å². The van der Waals surface area contributed by atoms with Crippen LogP contribution in [0.1, 0.15) is 56.9 Å². The second-order valence-electron chi connectivity index (χ2n) is 8.10. The van der Waals surface area contributed by atoms with Crippen LogP contribution < -0.4 is 0 Å². The maximum absolute atomic E-state index is 13.2. The fourth-order valence-electron chi connectivity index (χ4n) is 5.31. The zero-order chi connectivity index (χ0) is 17.4. The lowest BCUT2D eigenvalue weighted by molar-refractivity contribution is -0.184. The number of ether oxygens (including phenoxy) is 1. The first kappa shape index (κ1) is 17.0. The third-order valence-electron chi connectivity index (χ3n) is 6.84. The Hall–Kier alpha value is -1.39. The van der Waals surface area contributed by atoms with Crippen molar-refractivity contribution in [3.63, 3.8) is 0 Å². The summed E-state index contributed by atoms with van der Waals surface area (Å²) in [6.07, 6.45) is 8.11. The van der Waals surface area contributed by atoms with Gasteiger partial charge in [0.05, 0.1) is 0 Å². The zero-order valence-corrected chi connectivity index (χ0v) is 15.1. The van der Waals surface area contributed by atoms with E-state index >= 15 is 0 Å². The Morgan fingerprint density at radius 3 is 2.48 bits per heavy atom. The van der Waals surface area contributed by atoms with Crippen molar-refractivity contribution in [1.29, 1.82) is 0 Å². The van der Waals surface area contributed by atoms with Crippen molar-refractivity contribution in [1.82, 2.24) is 4.90 Å². The molecule has 0 aromatic heterocycles. The molecule has 4 heteroatoms. The number of hydrogen-bond donors (Lipinski definition) is 1. The maximum Gasteiger partial charge on any atom is 0.343 e. The molecule has 0 radical (unpaired) electrons. The lowest BCUT2D eigenvalue weighted by atomic mass is 9.80. The number of carbonyl (C=O) groups excluding carboxylic acids is 1. The summed E-state index contributed by atoms with van der Waals surface area (Å²) >= 11 is 0. The Morgan fingerprint density at radius 1 is 1.08 bits per heavy atom. The normalized spacial score (nSPS) is 32.5. The van der Waals surface area contributed by atoms with E-state index < -0.39 is 11.6 Å². The van der Waals surface area contributed by atoms with Crippen molar-refractivity contribution >= 4 is 5.97 Å². The lowest BCUT2D eigenvalue weighted by Crippen LogP contribution is -2.51. The zero-order valence-electron chi connectivity index (χ0n) is 15.1. The second kappa shape index (κ2) is 6.73. The van der Waals surface area contributed by atoms with Gasteiger partial charge in [-0.3, -0.25) is 4.90 Å². The van der Waals surface area contributed by atoms with Crippen molar-refractivity contribution in [2.24, 2.45) is 5.92 Å². The summed E-state index contributed by atoms with van der Waals surface area (Å²) in [6, 6.07) is 10.4. The number of fused-ring (bicyclic) bond motifs is 2. The van der Waals surface area contributed by atoms with Gasteiger partial charge in [-0.2, -0.15) is 0 Å². The highest BCUT2D eigenvalue weighted by atomic mass is 16.6. The van der Waals surface area contributed by atoms with Gasteiger partial charge in [-0.1, -0.05) is 43.2 Å². The number of likely N-dealkylation sites (N-methyl/N-ethyl adjacent to an activating group) is 1. The van der Waals surface area contributed by atoms with E-state index in [1.807, 2.05) is 30.3 Å². The van der Waals surface area contributed by atoms with Crippen LogP contribution >= 0.6 is 0 Å². The van der Waals surface area contributed by atoms with Gasteiger partial charge in [-0.25, -0.2) is 4.79 Å². The first-order valence-corrected chi connectivity index (χ1v) is 9.81. The molecule has 4 rings (SSSR count). The Bertz CT molecular complexity index is 613. The summed E-state index contributed by atoms with van der Waals surface area (Å²) in [4.78, 5) is 15.6. The van der Waals surface area contributed by atoms with Gasteiger partial charge in [0.25, 0.3) is 0 Å². The van der Waals surface area contributed by atoms with Gasteiger partial charge >= 0.3 is 5.97 Å². The van der Waals surface area contributed by atoms with Crippen molar-refractivity contribution in [3.8, 4) is 0 Å². The highest BCUT2D eigenvalue weighted by molar-refractivity contribution is 5.82. The molecular formula is C21H29NO3. The number of aliphatic hydroxyl groups is 1. The lowest BCUT2D eigenvalue weighted by Gasteiger charge is -2.39. The van der Waals surface area contributed by atoms with E-state index in [2.05, 4.69) is 11.9 Å². The SMILES string of the molecule is CN1[C@@H]2CC[C@H](OC(=O)[C@](O)(c3ccccc3)C3CCCC3)[C@@H]1CC2. The summed E-state index contributed by atoms with van der Waals surface area (Å²) < 4.78 is 5.99. The molecule has 0 spiro atoms. The molecule has 2 saturated heterocycles. The smallest absolute Gasteiger partial charge is 0.343 e. The van der Waals surface area contributed by atoms with E-state index in [1.54, 1.807) is 0 Å². The van der Waals surface area contributed by atoms with Gasteiger partial charge in [0, 0.05) is 18.0 Å². The van der Waals surface area contributed by atoms with Crippen LogP contribution in [0, 0.1) is 5.92 Å². The molecule has 2 heterocycles. The van der Waals surface area contributed by atoms with E-state index in [0.717, 1.165) is 44.9 Å². The van der Waals surface area contributed by atoms with Gasteiger partial charge in [0.1, 0.15) is 6.10 Å². The quantitative estimate of drug-likeness (QED) is 0.853. The van der Waals surface area contributed by atoms with Crippen LogP contribution in [-0.4, -0.2) is 41.2 Å². The molecule has 2 aliphatic heterocycles. The monoisotopic (exact) mass is 343 g/mol. The number of piperidine rings is 1. The van der Waals surface area contributed by atoms with Crippen molar-refractivity contribution in [2.45, 2.75) is 75.2 Å². The molecule has 4 nitrogen and oxygen atoms in total. The molecule has 1 aliphatic carbocycles. The molecule has 1 aromatic rings. The van der Waals surface area contributed by atoms with Crippen LogP contribution in [0.25, 0.3) is 0 Å². The predicted octanol–water partition coefficient (Wildman–Crippen LogP) is 3.23. The summed E-state index contributed by atoms with van der Waals surface area (Å²) in [5, 5.41) is 11.5. The minimum absolute atomic E-state index is 0.0416. The summed E-state index contributed by atoms with van der Waals surface area (Å²) in [6.45, 7) is 0. The molecule has 0 amide bonds. The fraction of sp³-hybridized carbons (Fsp3) is 0.667. The van der Waals surface area contributed by atoms with Crippen molar-refractivity contribution < 1.29 is 14.6 Å². The van der Waals surface area contributed by atoms with Crippen LogP contribution in [0.3, 0.4) is 0 Å². The molecule has 3 aliphatic rings. The Labute approximate surface area is 150 Å². The van der Waals surface area contributed by atoms with Gasteiger partial charge < -0.3 is 9.84 Å². The molecule has 1 saturated carbocycles. The number of benzene rings is 1. The minimum atomic E-state index is -1.51. The van der Waals surface area contributed by atoms with Crippen molar-refractivity contribution in [2.75, 3.05) is 7.05 Å². The number of hydrogen-bond acceptors (Lipinski definition) is 4. The van der Waals surface area contributed by atoms with Gasteiger partial charge in [-0.05, 0) is 51.1 Å². The van der Waals surface area contributed by atoms with E-state index in [9.17, 15) is 9.90 Å². The molecule has 1 N–H and O–H groups in total. The Morgan fingerprint density at radius 2 is 1.76 bits per heavy atom. The highest BCUT2D eigenvalue weighted by Crippen LogP contribution is 2.43. The molecule has 1 aromatic carbocycles. The van der Waals surface area contributed by atoms with Crippen LogP contribution in [-0.2, 0) is 15.1 Å². The average molecular weight is 343 g/mol. The van der Waals surface area contributed by atoms with Gasteiger partial charge in [0.2, 0.25) is 0 Å². The third-order valence-corrected chi connectivity index (χ3v) is 6.84. The van der Waals surface area contributed by atoms with E-state index in [-0.39, 0.29) is 12.0 Å². The standard InChI is InChI=1S/C21H29NO3/c1-22-17-11-13-18(22)19(14-12-17)25-20(23)21(24,16-9-5-6-10-16)15-7-3-2-4-8-15/h2-4,7-8,16-19,24H,5-6,9-14H2,1H3/t17-,18-,19-,21-/m0/s1. The number of carbonyl (C=O) groups is 1. The predicted molar refractivity (Wildman–Crippen MR) is 96.0 cm³/mol. The molecular weight excluding hydrogens is 314 g/mol. The van der Waals surface area contributed by atoms with Crippen LogP contribution in [0.5, 0.6) is 0 Å². The molecule has 0 unspecified atom stereocenters. The summed E-state index contributed by atoms with van der Waals surface area (Å²) in [5.74, 6) is -0.477. The molecule has 136 valence electrons. The number of nitrogens with zero attached hydrogens (tertiary/aromatic N) is 1. The second-order valence-corrected chi connectivity index (χ2v) is 8.10. The molecule has 4 atom stereocenters. The first-order chi connectivity index (χ1) is 12.1. The van der Waals surface area contributed by atoms with E-state index in [4.69, 9.17) is 4.74 Å². The fourth-order valence-corrected chi connectivity index (χ4v) is 5.31. The topological polar surface area (TPSA) is 49.8 Å². The van der Waals surface area contributed by atoms with Crippen LogP contribution in [0.2, 0.25) is 0 Å². The Kier molecular flexibility index (Phi) is 4.59. The molecule has 25 heavy (non-hydrogen) atoms. The van der Waals surface area contributed by atoms with Crippen LogP contribution in [0.4, 0.5) is 0 Å². The van der Waals surface area contributed by atoms with Crippen molar-refractivity contribution in [3.05, 3.63) is 35.9 Å². The number of rotatable bonds is 4. The largest absolute Gasteiger partial charge is 0.458 e. The van der Waals surface area contributed by atoms with Gasteiger partial charge in [-0.15, -0.1) is 0 Å². The Balaban J connectivity index is 1.58. The average Bonchev–Trinajstić information content (AvgIpc) is 3.24. The van der Waals surface area contributed by atoms with E-state index in [1.165, 1.54) is 6.42 Å². The van der Waals surface area contributed by atoms with Gasteiger partial charge in [0.15, 0.2) is 5.60 Å².